The van der Waals surface area contributed by atoms with E-state index in [1.165, 1.54) is 6.07 Å². The van der Waals surface area contributed by atoms with Gasteiger partial charge in [0.05, 0.1) is 17.2 Å². The van der Waals surface area contributed by atoms with Gasteiger partial charge in [0.2, 0.25) is 0 Å². The maximum Gasteiger partial charge on any atom is 0.161 e. The summed E-state index contributed by atoms with van der Waals surface area (Å²) >= 11 is 0. The standard InChI is InChI=1S/C20H15NO4/c22-20(23)16-12-14(21-17-4-2-1-3-15(16)17)7-5-13-6-8-18-19(11-13)25-10-9-24-18/h1-8,11-12H,9-10H2,(H,22,23)/p-1/b7-5+. The Morgan fingerprint density at radius 3 is 2.64 bits per heavy atom. The number of carboxylic acids is 1. The molecule has 0 spiro atoms. The molecule has 0 amide bonds. The SMILES string of the molecule is O=C([O-])c1cc(/C=C/c2ccc3c(c2)OCCO3)nc2ccccc12. The number of rotatable bonds is 3. The Labute approximate surface area is 144 Å². The zero-order chi connectivity index (χ0) is 17.2. The van der Waals surface area contributed by atoms with Crippen LogP contribution in [0, 0.1) is 0 Å². The summed E-state index contributed by atoms with van der Waals surface area (Å²) in [5.41, 5.74) is 2.21. The van der Waals surface area contributed by atoms with Crippen molar-refractivity contribution in [3.05, 3.63) is 65.4 Å². The molecule has 0 radical (unpaired) electrons. The maximum atomic E-state index is 11.4. The lowest BCUT2D eigenvalue weighted by Crippen LogP contribution is -2.22. The predicted molar refractivity (Wildman–Crippen MR) is 92.4 cm³/mol. The highest BCUT2D eigenvalue weighted by Crippen LogP contribution is 2.31. The Morgan fingerprint density at radius 2 is 1.80 bits per heavy atom. The number of carbonyl (C=O) groups excluding carboxylic acids is 1. The molecule has 0 saturated carbocycles. The second-order valence-electron chi connectivity index (χ2n) is 5.64. The molecule has 0 N–H and O–H groups in total. The van der Waals surface area contributed by atoms with E-state index < -0.39 is 5.97 Å². The zero-order valence-corrected chi connectivity index (χ0v) is 13.3. The van der Waals surface area contributed by atoms with Crippen molar-refractivity contribution in [3.63, 3.8) is 0 Å². The lowest BCUT2D eigenvalue weighted by Gasteiger charge is -2.18. The monoisotopic (exact) mass is 332 g/mol. The number of aromatic carboxylic acids is 1. The summed E-state index contributed by atoms with van der Waals surface area (Å²) in [6.07, 6.45) is 3.62. The summed E-state index contributed by atoms with van der Waals surface area (Å²) in [6, 6.07) is 14.3. The highest BCUT2D eigenvalue weighted by atomic mass is 16.6. The van der Waals surface area contributed by atoms with Crippen LogP contribution in [0.3, 0.4) is 0 Å². The van der Waals surface area contributed by atoms with E-state index in [1.54, 1.807) is 24.3 Å². The van der Waals surface area contributed by atoms with Gasteiger partial charge in [-0.25, -0.2) is 4.98 Å². The van der Waals surface area contributed by atoms with Crippen LogP contribution in [0.1, 0.15) is 21.6 Å². The highest BCUT2D eigenvalue weighted by molar-refractivity contribution is 6.02. The quantitative estimate of drug-likeness (QED) is 0.737. The average molecular weight is 332 g/mol. The van der Waals surface area contributed by atoms with Crippen LogP contribution >= 0.6 is 0 Å². The van der Waals surface area contributed by atoms with Crippen molar-refractivity contribution in [2.24, 2.45) is 0 Å². The minimum absolute atomic E-state index is 0.132. The van der Waals surface area contributed by atoms with Gasteiger partial charge in [0.1, 0.15) is 13.2 Å². The van der Waals surface area contributed by atoms with E-state index in [9.17, 15) is 9.90 Å². The largest absolute Gasteiger partial charge is 0.545 e. The fraction of sp³-hybridized carbons (Fsp3) is 0.100. The van der Waals surface area contributed by atoms with Crippen molar-refractivity contribution in [2.45, 2.75) is 0 Å². The third-order valence-electron chi connectivity index (χ3n) is 3.97. The Bertz CT molecular complexity index is 994. The van der Waals surface area contributed by atoms with E-state index >= 15 is 0 Å². The van der Waals surface area contributed by atoms with Crippen molar-refractivity contribution in [1.29, 1.82) is 0 Å². The molecular formula is C20H14NO4-. The van der Waals surface area contributed by atoms with Crippen molar-refractivity contribution in [1.82, 2.24) is 4.98 Å². The Hall–Kier alpha value is -3.34. The molecule has 4 rings (SSSR count). The summed E-state index contributed by atoms with van der Waals surface area (Å²) in [6.45, 7) is 1.08. The van der Waals surface area contributed by atoms with Gasteiger partial charge in [0, 0.05) is 10.9 Å². The van der Waals surface area contributed by atoms with Crippen molar-refractivity contribution < 1.29 is 19.4 Å². The molecule has 0 bridgehead atoms. The summed E-state index contributed by atoms with van der Waals surface area (Å²) in [7, 11) is 0. The van der Waals surface area contributed by atoms with Gasteiger partial charge >= 0.3 is 0 Å². The number of hydrogen-bond donors (Lipinski definition) is 0. The number of nitrogens with zero attached hydrogens (tertiary/aromatic N) is 1. The summed E-state index contributed by atoms with van der Waals surface area (Å²) in [5, 5.41) is 12.0. The van der Waals surface area contributed by atoms with Crippen molar-refractivity contribution in [2.75, 3.05) is 13.2 Å². The number of carbonyl (C=O) groups is 1. The molecule has 1 aromatic heterocycles. The van der Waals surface area contributed by atoms with Gasteiger partial charge in [0.25, 0.3) is 0 Å². The molecule has 0 unspecified atom stereocenters. The number of pyridine rings is 1. The third-order valence-corrected chi connectivity index (χ3v) is 3.97. The molecule has 1 aliphatic heterocycles. The average Bonchev–Trinajstić information content (AvgIpc) is 2.65. The third kappa shape index (κ3) is 3.04. The Morgan fingerprint density at radius 1 is 1.00 bits per heavy atom. The topological polar surface area (TPSA) is 71.5 Å². The maximum absolute atomic E-state index is 11.4. The van der Waals surface area contributed by atoms with Crippen LogP contribution in [0.2, 0.25) is 0 Å². The minimum Gasteiger partial charge on any atom is -0.545 e. The molecule has 5 heteroatoms. The molecule has 2 heterocycles. The molecule has 2 aromatic carbocycles. The summed E-state index contributed by atoms with van der Waals surface area (Å²) < 4.78 is 11.1. The molecule has 1 aliphatic rings. The molecule has 0 aliphatic carbocycles. The first-order valence-electron chi connectivity index (χ1n) is 7.89. The van der Waals surface area contributed by atoms with Crippen molar-refractivity contribution in [3.8, 4) is 11.5 Å². The van der Waals surface area contributed by atoms with E-state index in [2.05, 4.69) is 4.98 Å². The zero-order valence-electron chi connectivity index (χ0n) is 13.3. The number of ether oxygens (including phenoxy) is 2. The van der Waals surface area contributed by atoms with Gasteiger partial charge < -0.3 is 19.4 Å². The van der Waals surface area contributed by atoms with Crippen LogP contribution in [-0.2, 0) is 0 Å². The highest BCUT2D eigenvalue weighted by Gasteiger charge is 2.11. The fourth-order valence-corrected chi connectivity index (χ4v) is 2.80. The van der Waals surface area contributed by atoms with Crippen LogP contribution in [-0.4, -0.2) is 24.2 Å². The van der Waals surface area contributed by atoms with E-state index in [0.29, 0.717) is 35.6 Å². The first-order valence-corrected chi connectivity index (χ1v) is 7.89. The van der Waals surface area contributed by atoms with E-state index in [0.717, 1.165) is 11.3 Å². The number of benzene rings is 2. The summed E-state index contributed by atoms with van der Waals surface area (Å²) in [4.78, 5) is 15.9. The molecule has 0 fully saturated rings. The molecule has 3 aromatic rings. The van der Waals surface area contributed by atoms with E-state index in [4.69, 9.17) is 9.47 Å². The van der Waals surface area contributed by atoms with Gasteiger partial charge in [-0.3, -0.25) is 0 Å². The number of para-hydroxylation sites is 1. The van der Waals surface area contributed by atoms with Gasteiger partial charge in [-0.05, 0) is 35.9 Å². The lowest BCUT2D eigenvalue weighted by molar-refractivity contribution is -0.254. The van der Waals surface area contributed by atoms with Gasteiger partial charge in [-0.2, -0.15) is 0 Å². The number of hydrogen-bond acceptors (Lipinski definition) is 5. The molecule has 25 heavy (non-hydrogen) atoms. The Kier molecular flexibility index (Phi) is 3.82. The first-order chi connectivity index (χ1) is 12.2. The van der Waals surface area contributed by atoms with E-state index in [1.807, 2.05) is 30.3 Å². The van der Waals surface area contributed by atoms with Gasteiger partial charge in [-0.1, -0.05) is 30.3 Å². The number of carboxylic acid groups (broad SMARTS) is 1. The second-order valence-corrected chi connectivity index (χ2v) is 5.64. The molecular weight excluding hydrogens is 318 g/mol. The summed E-state index contributed by atoms with van der Waals surface area (Å²) in [5.74, 6) is 0.217. The van der Waals surface area contributed by atoms with Crippen LogP contribution in [0.5, 0.6) is 11.5 Å². The Balaban J connectivity index is 1.70. The van der Waals surface area contributed by atoms with Crippen LogP contribution in [0.4, 0.5) is 0 Å². The molecule has 0 atom stereocenters. The first kappa shape index (κ1) is 15.2. The second kappa shape index (κ2) is 6.28. The predicted octanol–water partition coefficient (Wildman–Crippen LogP) is 2.54. The smallest absolute Gasteiger partial charge is 0.161 e. The molecule has 124 valence electrons. The minimum atomic E-state index is -1.22. The lowest BCUT2D eigenvalue weighted by atomic mass is 10.1. The fourth-order valence-electron chi connectivity index (χ4n) is 2.80. The van der Waals surface area contributed by atoms with Crippen molar-refractivity contribution >= 4 is 29.0 Å². The van der Waals surface area contributed by atoms with Gasteiger partial charge in [-0.15, -0.1) is 0 Å². The molecule has 5 nitrogen and oxygen atoms in total. The van der Waals surface area contributed by atoms with Crippen LogP contribution < -0.4 is 14.6 Å². The van der Waals surface area contributed by atoms with Crippen LogP contribution in [0.15, 0.2) is 48.5 Å². The van der Waals surface area contributed by atoms with E-state index in [-0.39, 0.29) is 5.56 Å². The van der Waals surface area contributed by atoms with Crippen LogP contribution in [0.25, 0.3) is 23.1 Å². The number of fused-ring (bicyclic) bond motifs is 2. The normalized spacial score (nSPS) is 13.3. The number of aromatic nitrogens is 1. The molecule has 0 saturated heterocycles. The van der Waals surface area contributed by atoms with Gasteiger partial charge in [0.15, 0.2) is 11.5 Å².